The van der Waals surface area contributed by atoms with Gasteiger partial charge in [-0.15, -0.1) is 0 Å². The SMILES string of the molecule is CCCN(c1ccc(Cl)cc1)c1cccc(C(C#N)C(C(=O)Oc2ccc(Cl)cc2)C(C)C)c1. The number of ether oxygens (including phenoxy) is 1. The van der Waals surface area contributed by atoms with Crippen LogP contribution in [0.5, 0.6) is 5.75 Å². The Morgan fingerprint density at radius 3 is 2.15 bits per heavy atom. The third-order valence-corrected chi connectivity index (χ3v) is 6.15. The number of nitrogens with zero attached hydrogens (tertiary/aromatic N) is 2. The fourth-order valence-corrected chi connectivity index (χ4v) is 4.23. The summed E-state index contributed by atoms with van der Waals surface area (Å²) in [6.07, 6.45) is 0.941. The van der Waals surface area contributed by atoms with Crippen molar-refractivity contribution in [3.8, 4) is 11.8 Å². The van der Waals surface area contributed by atoms with Gasteiger partial charge in [0.2, 0.25) is 0 Å². The summed E-state index contributed by atoms with van der Waals surface area (Å²) in [5.74, 6) is -1.42. The Morgan fingerprint density at radius 1 is 0.971 bits per heavy atom. The first-order chi connectivity index (χ1) is 16.3. The maximum Gasteiger partial charge on any atom is 0.316 e. The van der Waals surface area contributed by atoms with Crippen LogP contribution in [0.15, 0.2) is 72.8 Å². The minimum atomic E-state index is -0.659. The average molecular weight is 495 g/mol. The van der Waals surface area contributed by atoms with Crippen LogP contribution in [0.2, 0.25) is 10.0 Å². The molecule has 4 nitrogen and oxygen atoms in total. The minimum absolute atomic E-state index is 0.101. The standard InChI is InChI=1S/C28H28Cl2N2O2/c1-4-16-32(23-12-8-21(29)9-13-23)24-7-5-6-20(17-24)26(18-31)27(19(2)3)28(33)34-25-14-10-22(30)11-15-25/h5-15,17,19,26-27H,4,16H2,1-3H3. The predicted molar refractivity (Wildman–Crippen MR) is 139 cm³/mol. The first-order valence-corrected chi connectivity index (χ1v) is 12.1. The number of hydrogen-bond acceptors (Lipinski definition) is 4. The van der Waals surface area contributed by atoms with Crippen molar-refractivity contribution in [2.45, 2.75) is 33.1 Å². The van der Waals surface area contributed by atoms with Gasteiger partial charge < -0.3 is 9.64 Å². The molecule has 3 rings (SSSR count). The highest BCUT2D eigenvalue weighted by molar-refractivity contribution is 6.30. The van der Waals surface area contributed by atoms with E-state index in [4.69, 9.17) is 27.9 Å². The van der Waals surface area contributed by atoms with Gasteiger partial charge in [-0.2, -0.15) is 5.26 Å². The molecular formula is C28H28Cl2N2O2. The number of carbonyl (C=O) groups excluding carboxylic acids is 1. The molecule has 0 bridgehead atoms. The van der Waals surface area contributed by atoms with Crippen LogP contribution < -0.4 is 9.64 Å². The highest BCUT2D eigenvalue weighted by Crippen LogP contribution is 2.35. The number of carbonyl (C=O) groups is 1. The van der Waals surface area contributed by atoms with E-state index in [0.717, 1.165) is 29.9 Å². The van der Waals surface area contributed by atoms with Crippen molar-refractivity contribution in [3.63, 3.8) is 0 Å². The zero-order chi connectivity index (χ0) is 24.7. The van der Waals surface area contributed by atoms with Crippen molar-refractivity contribution < 1.29 is 9.53 Å². The summed E-state index contributed by atoms with van der Waals surface area (Å²) in [5.41, 5.74) is 2.75. The number of halogens is 2. The van der Waals surface area contributed by atoms with Crippen molar-refractivity contribution >= 4 is 40.5 Å². The lowest BCUT2D eigenvalue weighted by atomic mass is 9.80. The highest BCUT2D eigenvalue weighted by atomic mass is 35.5. The van der Waals surface area contributed by atoms with Crippen LogP contribution in [0.1, 0.15) is 38.7 Å². The van der Waals surface area contributed by atoms with Gasteiger partial charge in [-0.25, -0.2) is 0 Å². The van der Waals surface area contributed by atoms with Gasteiger partial charge in [0.15, 0.2) is 0 Å². The molecule has 0 saturated carbocycles. The third-order valence-electron chi connectivity index (χ3n) is 5.65. The molecule has 0 radical (unpaired) electrons. The number of nitriles is 1. The summed E-state index contributed by atoms with van der Waals surface area (Å²) in [6.45, 7) is 6.78. The molecule has 2 atom stereocenters. The molecule has 3 aromatic rings. The molecule has 0 aliphatic heterocycles. The molecule has 176 valence electrons. The Balaban J connectivity index is 1.93. The lowest BCUT2D eigenvalue weighted by Gasteiger charge is -2.27. The van der Waals surface area contributed by atoms with Gasteiger partial charge in [-0.05, 0) is 78.6 Å². The van der Waals surface area contributed by atoms with Crippen molar-refractivity contribution in [1.29, 1.82) is 5.26 Å². The topological polar surface area (TPSA) is 53.3 Å². The van der Waals surface area contributed by atoms with Crippen molar-refractivity contribution in [3.05, 3.63) is 88.4 Å². The fourth-order valence-electron chi connectivity index (χ4n) is 3.98. The Bertz CT molecular complexity index is 1140. The quantitative estimate of drug-likeness (QED) is 0.223. The lowest BCUT2D eigenvalue weighted by molar-refractivity contribution is -0.140. The van der Waals surface area contributed by atoms with E-state index >= 15 is 0 Å². The lowest BCUT2D eigenvalue weighted by Crippen LogP contribution is -2.30. The summed E-state index contributed by atoms with van der Waals surface area (Å²) >= 11 is 12.0. The molecular weight excluding hydrogens is 467 g/mol. The molecule has 0 N–H and O–H groups in total. The van der Waals surface area contributed by atoms with Crippen molar-refractivity contribution in [2.24, 2.45) is 11.8 Å². The van der Waals surface area contributed by atoms with E-state index in [-0.39, 0.29) is 5.92 Å². The van der Waals surface area contributed by atoms with E-state index in [1.165, 1.54) is 0 Å². The number of rotatable bonds is 9. The normalized spacial score (nSPS) is 12.6. The number of hydrogen-bond donors (Lipinski definition) is 0. The van der Waals surface area contributed by atoms with E-state index < -0.39 is 17.8 Å². The smallest absolute Gasteiger partial charge is 0.316 e. The van der Waals surface area contributed by atoms with Gasteiger partial charge in [0, 0.05) is 28.0 Å². The second-order valence-corrected chi connectivity index (χ2v) is 9.35. The summed E-state index contributed by atoms with van der Waals surface area (Å²) in [6, 6.07) is 24.5. The Hall–Kier alpha value is -3.00. The van der Waals surface area contributed by atoms with E-state index in [1.54, 1.807) is 24.3 Å². The van der Waals surface area contributed by atoms with E-state index in [2.05, 4.69) is 17.9 Å². The first kappa shape index (κ1) is 25.6. The monoisotopic (exact) mass is 494 g/mol. The minimum Gasteiger partial charge on any atom is -0.426 e. The van der Waals surface area contributed by atoms with Crippen LogP contribution in [0, 0.1) is 23.2 Å². The summed E-state index contributed by atoms with van der Waals surface area (Å²) < 4.78 is 5.62. The van der Waals surface area contributed by atoms with E-state index in [1.807, 2.05) is 62.4 Å². The Labute approximate surface area is 211 Å². The van der Waals surface area contributed by atoms with Crippen molar-refractivity contribution in [1.82, 2.24) is 0 Å². The second-order valence-electron chi connectivity index (χ2n) is 8.47. The molecule has 0 spiro atoms. The molecule has 0 aromatic heterocycles. The van der Waals surface area contributed by atoms with Crippen LogP contribution in [-0.2, 0) is 4.79 Å². The van der Waals surface area contributed by atoms with Crippen LogP contribution >= 0.6 is 23.2 Å². The maximum atomic E-state index is 13.2. The summed E-state index contributed by atoms with van der Waals surface area (Å²) in [7, 11) is 0. The molecule has 3 aromatic carbocycles. The van der Waals surface area contributed by atoms with E-state index in [0.29, 0.717) is 15.8 Å². The molecule has 0 heterocycles. The zero-order valence-electron chi connectivity index (χ0n) is 19.5. The van der Waals surface area contributed by atoms with Crippen molar-refractivity contribution in [2.75, 3.05) is 11.4 Å². The van der Waals surface area contributed by atoms with Gasteiger partial charge in [0.05, 0.1) is 17.9 Å². The average Bonchev–Trinajstić information content (AvgIpc) is 2.82. The largest absolute Gasteiger partial charge is 0.426 e. The number of esters is 1. The molecule has 0 aliphatic carbocycles. The summed E-state index contributed by atoms with van der Waals surface area (Å²) in [5, 5.41) is 11.4. The van der Waals surface area contributed by atoms with Crippen LogP contribution in [0.4, 0.5) is 11.4 Å². The van der Waals surface area contributed by atoms with Crippen LogP contribution in [0.25, 0.3) is 0 Å². The Morgan fingerprint density at radius 2 is 1.59 bits per heavy atom. The van der Waals surface area contributed by atoms with Gasteiger partial charge in [0.1, 0.15) is 5.75 Å². The van der Waals surface area contributed by atoms with Gasteiger partial charge in [0.25, 0.3) is 0 Å². The first-order valence-electron chi connectivity index (χ1n) is 11.3. The number of benzene rings is 3. The van der Waals surface area contributed by atoms with Gasteiger partial charge in [-0.3, -0.25) is 4.79 Å². The molecule has 0 fully saturated rings. The fraction of sp³-hybridized carbons (Fsp3) is 0.286. The summed E-state index contributed by atoms with van der Waals surface area (Å²) in [4.78, 5) is 15.3. The molecule has 2 unspecified atom stereocenters. The van der Waals surface area contributed by atoms with Gasteiger partial charge in [-0.1, -0.05) is 56.1 Å². The predicted octanol–water partition coefficient (Wildman–Crippen LogP) is 8.03. The van der Waals surface area contributed by atoms with Crippen LogP contribution in [-0.4, -0.2) is 12.5 Å². The molecule has 34 heavy (non-hydrogen) atoms. The zero-order valence-corrected chi connectivity index (χ0v) is 21.1. The van der Waals surface area contributed by atoms with E-state index in [9.17, 15) is 10.1 Å². The third kappa shape index (κ3) is 6.32. The molecule has 0 aliphatic rings. The number of anilines is 2. The molecule has 0 saturated heterocycles. The highest BCUT2D eigenvalue weighted by Gasteiger charge is 2.34. The maximum absolute atomic E-state index is 13.2. The second kappa shape index (κ2) is 11.9. The van der Waals surface area contributed by atoms with Gasteiger partial charge >= 0.3 is 5.97 Å². The molecule has 0 amide bonds. The Kier molecular flexibility index (Phi) is 8.98. The molecule has 6 heteroatoms. The van der Waals surface area contributed by atoms with Crippen LogP contribution in [0.3, 0.4) is 0 Å².